The second-order valence-electron chi connectivity index (χ2n) is 4.15. The van der Waals surface area contributed by atoms with Crippen molar-refractivity contribution in [3.8, 4) is 0 Å². The Morgan fingerprint density at radius 2 is 2.05 bits per heavy atom. The zero-order valence-corrected chi connectivity index (χ0v) is 10.5. The van der Waals surface area contributed by atoms with Crippen LogP contribution in [0.2, 0.25) is 0 Å². The highest BCUT2D eigenvalue weighted by molar-refractivity contribution is 5.93. The first kappa shape index (κ1) is 12.8. The average Bonchev–Trinajstić information content (AvgIpc) is 2.59. The molecule has 8 heteroatoms. The van der Waals surface area contributed by atoms with Gasteiger partial charge in [0.25, 0.3) is 5.56 Å². The van der Waals surface area contributed by atoms with E-state index in [9.17, 15) is 14.4 Å². The summed E-state index contributed by atoms with van der Waals surface area (Å²) in [5, 5.41) is 9.38. The van der Waals surface area contributed by atoms with Crippen LogP contribution in [-0.4, -0.2) is 26.1 Å². The van der Waals surface area contributed by atoms with Gasteiger partial charge in [-0.1, -0.05) is 0 Å². The third-order valence-electron chi connectivity index (χ3n) is 2.56. The lowest BCUT2D eigenvalue weighted by atomic mass is 10.2. The molecule has 0 aliphatic heterocycles. The minimum Gasteiger partial charge on any atom is -0.323 e. The number of aryl methyl sites for hydroxylation is 2. The summed E-state index contributed by atoms with van der Waals surface area (Å²) in [6, 6.07) is 1.18. The van der Waals surface area contributed by atoms with E-state index in [0.717, 1.165) is 5.69 Å². The van der Waals surface area contributed by atoms with Crippen LogP contribution < -0.4 is 16.6 Å². The number of rotatable bonds is 3. The number of aromatic nitrogens is 4. The number of carbonyl (C=O) groups excluding carboxylic acids is 1. The van der Waals surface area contributed by atoms with Gasteiger partial charge in [0.05, 0.1) is 23.5 Å². The van der Waals surface area contributed by atoms with Gasteiger partial charge in [-0.2, -0.15) is 5.10 Å². The number of H-pyrrole nitrogens is 3. The lowest BCUT2D eigenvalue weighted by Crippen LogP contribution is -2.25. The molecule has 0 spiro atoms. The van der Waals surface area contributed by atoms with Crippen LogP contribution >= 0.6 is 0 Å². The van der Waals surface area contributed by atoms with Crippen molar-refractivity contribution in [2.24, 2.45) is 0 Å². The Kier molecular flexibility index (Phi) is 3.32. The van der Waals surface area contributed by atoms with Crippen LogP contribution in [-0.2, 0) is 11.2 Å². The van der Waals surface area contributed by atoms with E-state index < -0.39 is 11.2 Å². The quantitative estimate of drug-likeness (QED) is 0.600. The molecule has 0 atom stereocenters. The maximum Gasteiger partial charge on any atom is 0.325 e. The highest BCUT2D eigenvalue weighted by atomic mass is 16.2. The topological polar surface area (TPSA) is 123 Å². The van der Waals surface area contributed by atoms with Gasteiger partial charge in [-0.3, -0.25) is 19.7 Å². The molecule has 2 aromatic rings. The molecule has 0 fully saturated rings. The first-order chi connectivity index (χ1) is 8.95. The molecule has 0 saturated carbocycles. The van der Waals surface area contributed by atoms with E-state index in [1.54, 1.807) is 13.8 Å². The number of hydrogen-bond donors (Lipinski definition) is 4. The minimum atomic E-state index is -0.633. The monoisotopic (exact) mass is 263 g/mol. The number of nitrogens with zero attached hydrogens (tertiary/aromatic N) is 1. The van der Waals surface area contributed by atoms with Crippen molar-refractivity contribution in [2.45, 2.75) is 20.3 Å². The molecule has 19 heavy (non-hydrogen) atoms. The molecule has 0 aliphatic rings. The third-order valence-corrected chi connectivity index (χ3v) is 2.56. The summed E-state index contributed by atoms with van der Waals surface area (Å²) < 4.78 is 0. The number of nitrogens with one attached hydrogen (secondary N) is 4. The Labute approximate surface area is 107 Å². The molecular weight excluding hydrogens is 250 g/mol. The highest BCUT2D eigenvalue weighted by Gasteiger charge is 2.11. The number of hydrogen-bond acceptors (Lipinski definition) is 4. The summed E-state index contributed by atoms with van der Waals surface area (Å²) in [6.45, 7) is 3.54. The van der Waals surface area contributed by atoms with Crippen LogP contribution in [0.25, 0.3) is 0 Å². The first-order valence-electron chi connectivity index (χ1n) is 5.59. The fraction of sp³-hybridized carbons (Fsp3) is 0.273. The van der Waals surface area contributed by atoms with Crippen LogP contribution in [0.1, 0.15) is 17.1 Å². The number of anilines is 1. The summed E-state index contributed by atoms with van der Waals surface area (Å²) in [7, 11) is 0. The van der Waals surface area contributed by atoms with Gasteiger partial charge in [0.2, 0.25) is 5.91 Å². The normalized spacial score (nSPS) is 10.4. The van der Waals surface area contributed by atoms with Crippen molar-refractivity contribution >= 4 is 11.6 Å². The van der Waals surface area contributed by atoms with E-state index >= 15 is 0 Å². The van der Waals surface area contributed by atoms with E-state index in [-0.39, 0.29) is 18.0 Å². The van der Waals surface area contributed by atoms with Crippen molar-refractivity contribution in [3.63, 3.8) is 0 Å². The van der Waals surface area contributed by atoms with Crippen LogP contribution in [0.5, 0.6) is 0 Å². The molecule has 2 aromatic heterocycles. The predicted molar refractivity (Wildman–Crippen MR) is 68.1 cm³/mol. The van der Waals surface area contributed by atoms with Gasteiger partial charge in [-0.25, -0.2) is 4.79 Å². The molecule has 0 radical (unpaired) electrons. The average molecular weight is 263 g/mol. The van der Waals surface area contributed by atoms with Gasteiger partial charge in [0, 0.05) is 11.8 Å². The molecule has 0 aliphatic carbocycles. The second-order valence-corrected chi connectivity index (χ2v) is 4.15. The fourth-order valence-electron chi connectivity index (χ4n) is 1.71. The van der Waals surface area contributed by atoms with Gasteiger partial charge in [-0.15, -0.1) is 0 Å². The fourth-order valence-corrected chi connectivity index (χ4v) is 1.71. The molecule has 8 nitrogen and oxygen atoms in total. The zero-order valence-electron chi connectivity index (χ0n) is 10.5. The molecule has 0 saturated heterocycles. The van der Waals surface area contributed by atoms with Crippen LogP contribution in [0.4, 0.5) is 5.69 Å². The van der Waals surface area contributed by atoms with Gasteiger partial charge in [-0.05, 0) is 13.8 Å². The molecule has 0 bridgehead atoms. The van der Waals surface area contributed by atoms with E-state index in [0.29, 0.717) is 11.4 Å². The van der Waals surface area contributed by atoms with Gasteiger partial charge >= 0.3 is 5.69 Å². The Morgan fingerprint density at radius 3 is 2.63 bits per heavy atom. The van der Waals surface area contributed by atoms with Crippen LogP contribution in [0.15, 0.2) is 15.7 Å². The summed E-state index contributed by atoms with van der Waals surface area (Å²) in [5.74, 6) is -0.339. The number of carbonyl (C=O) groups is 1. The molecule has 0 aromatic carbocycles. The van der Waals surface area contributed by atoms with Crippen molar-refractivity contribution < 1.29 is 4.79 Å². The van der Waals surface area contributed by atoms with E-state index in [4.69, 9.17) is 0 Å². The second kappa shape index (κ2) is 4.92. The third kappa shape index (κ3) is 2.97. The molecule has 2 heterocycles. The van der Waals surface area contributed by atoms with Crippen molar-refractivity contribution in [1.29, 1.82) is 0 Å². The first-order valence-corrected chi connectivity index (χ1v) is 5.59. The number of amides is 1. The van der Waals surface area contributed by atoms with E-state index in [1.807, 2.05) is 4.98 Å². The van der Waals surface area contributed by atoms with Crippen molar-refractivity contribution in [1.82, 2.24) is 20.2 Å². The minimum absolute atomic E-state index is 0.0940. The van der Waals surface area contributed by atoms with Gasteiger partial charge in [0.15, 0.2) is 0 Å². The van der Waals surface area contributed by atoms with Gasteiger partial charge < -0.3 is 10.3 Å². The lowest BCUT2D eigenvalue weighted by molar-refractivity contribution is -0.115. The van der Waals surface area contributed by atoms with Crippen molar-refractivity contribution in [2.75, 3.05) is 5.32 Å². The summed E-state index contributed by atoms with van der Waals surface area (Å²) in [6.07, 6.45) is -0.0940. The van der Waals surface area contributed by atoms with Crippen LogP contribution in [0, 0.1) is 13.8 Å². The molecule has 0 unspecified atom stereocenters. The molecule has 100 valence electrons. The SMILES string of the molecule is Cc1n[nH]c(C)c1NC(=O)Cc1cc(=O)[nH]c(=O)[nH]1. The lowest BCUT2D eigenvalue weighted by Gasteiger charge is -2.04. The van der Waals surface area contributed by atoms with E-state index in [2.05, 4.69) is 20.5 Å². The predicted octanol–water partition coefficient (Wildman–Crippen LogP) is -0.416. The summed E-state index contributed by atoms with van der Waals surface area (Å²) >= 11 is 0. The Hall–Kier alpha value is -2.64. The largest absolute Gasteiger partial charge is 0.325 e. The maximum atomic E-state index is 11.8. The van der Waals surface area contributed by atoms with Crippen molar-refractivity contribution in [3.05, 3.63) is 44.0 Å². The van der Waals surface area contributed by atoms with E-state index in [1.165, 1.54) is 6.07 Å². The molecular formula is C11H13N5O3. The zero-order chi connectivity index (χ0) is 14.0. The molecule has 1 amide bonds. The summed E-state index contributed by atoms with van der Waals surface area (Å²) in [5.41, 5.74) is 1.10. The van der Waals surface area contributed by atoms with Crippen LogP contribution in [0.3, 0.4) is 0 Å². The molecule has 2 rings (SSSR count). The summed E-state index contributed by atoms with van der Waals surface area (Å²) in [4.78, 5) is 38.4. The maximum absolute atomic E-state index is 11.8. The Balaban J connectivity index is 2.14. The molecule has 4 N–H and O–H groups in total. The van der Waals surface area contributed by atoms with Gasteiger partial charge in [0.1, 0.15) is 0 Å². The number of aromatic amines is 3. The standard InChI is InChI=1S/C11H13N5O3/c1-5-10(6(2)16-15-5)13-8(17)3-7-4-9(18)14-11(19)12-7/h4H,3H2,1-2H3,(H,13,17)(H,15,16)(H2,12,14,18,19). The Bertz CT molecular complexity index is 677. The Morgan fingerprint density at radius 1 is 1.32 bits per heavy atom. The smallest absolute Gasteiger partial charge is 0.323 e. The highest BCUT2D eigenvalue weighted by Crippen LogP contribution is 2.15.